The highest BCUT2D eigenvalue weighted by Gasteiger charge is 2.47. The number of carboxylic acid groups (broad SMARTS) is 1. The van der Waals surface area contributed by atoms with Crippen molar-refractivity contribution < 1.29 is 22.7 Å². The maximum atomic E-state index is 13.0. The quantitative estimate of drug-likeness (QED) is 0.916. The van der Waals surface area contributed by atoms with Crippen LogP contribution in [0.5, 0.6) is 0 Å². The summed E-state index contributed by atoms with van der Waals surface area (Å²) in [4.78, 5) is 11.2. The van der Waals surface area contributed by atoms with Crippen LogP contribution in [0.3, 0.4) is 0 Å². The monoisotopic (exact) mass is 335 g/mol. The average molecular weight is 336 g/mol. The van der Waals surface area contributed by atoms with Crippen LogP contribution in [0.2, 0.25) is 5.02 Å². The third-order valence-electron chi connectivity index (χ3n) is 3.96. The Hall–Kier alpha value is -1.18. The van der Waals surface area contributed by atoms with Gasteiger partial charge in [0.05, 0.1) is 10.4 Å². The van der Waals surface area contributed by atoms with Crippen molar-refractivity contribution in [3.63, 3.8) is 0 Å². The predicted octanol–water partition coefficient (Wildman–Crippen LogP) is 2.35. The molecule has 0 aromatic heterocycles. The fraction of sp³-hybridized carbons (Fsp3) is 0.462. The van der Waals surface area contributed by atoms with Crippen molar-refractivity contribution in [2.75, 3.05) is 13.1 Å². The smallest absolute Gasteiger partial charge is 0.311 e. The van der Waals surface area contributed by atoms with Crippen molar-refractivity contribution in [2.24, 2.45) is 5.41 Å². The van der Waals surface area contributed by atoms with E-state index in [1.54, 1.807) is 6.92 Å². The zero-order valence-electron chi connectivity index (χ0n) is 11.3. The Morgan fingerprint density at radius 1 is 1.52 bits per heavy atom. The highest BCUT2D eigenvalue weighted by molar-refractivity contribution is 7.89. The lowest BCUT2D eigenvalue weighted by Crippen LogP contribution is -2.36. The van der Waals surface area contributed by atoms with Crippen LogP contribution >= 0.6 is 11.6 Å². The molecule has 0 radical (unpaired) electrons. The van der Waals surface area contributed by atoms with E-state index in [1.165, 1.54) is 0 Å². The summed E-state index contributed by atoms with van der Waals surface area (Å²) in [6.45, 7) is 1.72. The van der Waals surface area contributed by atoms with Crippen LogP contribution in [0.4, 0.5) is 4.39 Å². The van der Waals surface area contributed by atoms with Gasteiger partial charge in [-0.15, -0.1) is 0 Å². The standard InChI is InChI=1S/C13H15ClFNO4S/c1-2-13(12(17)18)5-6-16(8-13)21(19,20)11-4-3-9(15)7-10(11)14/h3-4,7H,2,5-6,8H2,1H3,(H,17,18). The van der Waals surface area contributed by atoms with E-state index in [0.29, 0.717) is 6.42 Å². The SMILES string of the molecule is CCC1(C(=O)O)CCN(S(=O)(=O)c2ccc(F)cc2Cl)C1. The lowest BCUT2D eigenvalue weighted by Gasteiger charge is -2.23. The molecule has 1 aromatic carbocycles. The molecule has 1 aromatic rings. The largest absolute Gasteiger partial charge is 0.481 e. The minimum Gasteiger partial charge on any atom is -0.481 e. The van der Waals surface area contributed by atoms with Crippen LogP contribution in [0.1, 0.15) is 19.8 Å². The van der Waals surface area contributed by atoms with Gasteiger partial charge in [-0.05, 0) is 31.0 Å². The number of rotatable bonds is 4. The van der Waals surface area contributed by atoms with Gasteiger partial charge in [-0.2, -0.15) is 4.31 Å². The van der Waals surface area contributed by atoms with E-state index in [4.69, 9.17) is 11.6 Å². The van der Waals surface area contributed by atoms with Gasteiger partial charge in [0.1, 0.15) is 10.7 Å². The molecule has 1 unspecified atom stereocenters. The maximum Gasteiger partial charge on any atom is 0.311 e. The lowest BCUT2D eigenvalue weighted by molar-refractivity contribution is -0.148. The number of carboxylic acids is 1. The first-order valence-electron chi connectivity index (χ1n) is 6.41. The summed E-state index contributed by atoms with van der Waals surface area (Å²) in [5.74, 6) is -1.64. The third kappa shape index (κ3) is 2.77. The molecule has 1 aliphatic heterocycles. The van der Waals surface area contributed by atoms with Gasteiger partial charge in [0.15, 0.2) is 0 Å². The first-order valence-corrected chi connectivity index (χ1v) is 8.23. The minimum absolute atomic E-state index is 0.102. The number of halogens is 2. The van der Waals surface area contributed by atoms with E-state index in [9.17, 15) is 22.7 Å². The molecule has 0 spiro atoms. The van der Waals surface area contributed by atoms with Crippen molar-refractivity contribution >= 4 is 27.6 Å². The van der Waals surface area contributed by atoms with Gasteiger partial charge in [0.25, 0.3) is 0 Å². The van der Waals surface area contributed by atoms with E-state index in [1.807, 2.05) is 0 Å². The summed E-state index contributed by atoms with van der Waals surface area (Å²) in [7, 11) is -3.93. The minimum atomic E-state index is -3.93. The summed E-state index contributed by atoms with van der Waals surface area (Å²) >= 11 is 5.80. The number of sulfonamides is 1. The van der Waals surface area contributed by atoms with Crippen LogP contribution in [-0.4, -0.2) is 36.9 Å². The summed E-state index contributed by atoms with van der Waals surface area (Å²) in [5.41, 5.74) is -1.07. The van der Waals surface area contributed by atoms with Gasteiger partial charge in [-0.25, -0.2) is 12.8 Å². The Kier molecular flexibility index (Phi) is 4.28. The molecule has 21 heavy (non-hydrogen) atoms. The van der Waals surface area contributed by atoms with E-state index >= 15 is 0 Å². The number of benzene rings is 1. The normalized spacial score (nSPS) is 23.4. The number of hydrogen-bond donors (Lipinski definition) is 1. The second kappa shape index (κ2) is 5.55. The van der Waals surface area contributed by atoms with Crippen molar-refractivity contribution in [2.45, 2.75) is 24.7 Å². The maximum absolute atomic E-state index is 13.0. The molecular weight excluding hydrogens is 321 g/mol. The molecule has 0 amide bonds. The Morgan fingerprint density at radius 2 is 2.19 bits per heavy atom. The van der Waals surface area contributed by atoms with Gasteiger partial charge in [-0.1, -0.05) is 18.5 Å². The Labute approximate surface area is 127 Å². The molecule has 5 nitrogen and oxygen atoms in total. The van der Waals surface area contributed by atoms with Crippen LogP contribution < -0.4 is 0 Å². The van der Waals surface area contributed by atoms with Gasteiger partial charge in [0.2, 0.25) is 10.0 Å². The average Bonchev–Trinajstić information content (AvgIpc) is 2.84. The molecule has 1 saturated heterocycles. The second-order valence-electron chi connectivity index (χ2n) is 5.10. The molecule has 1 N–H and O–H groups in total. The first kappa shape index (κ1) is 16.2. The molecule has 0 bridgehead atoms. The van der Waals surface area contributed by atoms with E-state index in [0.717, 1.165) is 22.5 Å². The van der Waals surface area contributed by atoms with Crippen molar-refractivity contribution in [1.29, 1.82) is 0 Å². The predicted molar refractivity (Wildman–Crippen MR) is 75.1 cm³/mol. The molecule has 116 valence electrons. The van der Waals surface area contributed by atoms with Gasteiger partial charge < -0.3 is 5.11 Å². The summed E-state index contributed by atoms with van der Waals surface area (Å²) < 4.78 is 39.2. The Morgan fingerprint density at radius 3 is 2.67 bits per heavy atom. The molecule has 2 rings (SSSR count). The molecule has 8 heteroatoms. The number of aliphatic carboxylic acids is 1. The zero-order valence-corrected chi connectivity index (χ0v) is 12.9. The van der Waals surface area contributed by atoms with E-state index < -0.39 is 27.2 Å². The molecule has 0 aliphatic carbocycles. The fourth-order valence-corrected chi connectivity index (χ4v) is 4.51. The van der Waals surface area contributed by atoms with Crippen molar-refractivity contribution in [3.8, 4) is 0 Å². The van der Waals surface area contributed by atoms with Gasteiger partial charge in [-0.3, -0.25) is 4.79 Å². The van der Waals surface area contributed by atoms with Crippen molar-refractivity contribution in [3.05, 3.63) is 29.0 Å². The molecule has 1 fully saturated rings. The number of carbonyl (C=O) groups is 1. The van der Waals surface area contributed by atoms with Crippen molar-refractivity contribution in [1.82, 2.24) is 4.31 Å². The second-order valence-corrected chi connectivity index (χ2v) is 7.42. The van der Waals surface area contributed by atoms with Crippen LogP contribution in [0.15, 0.2) is 23.1 Å². The number of hydrogen-bond acceptors (Lipinski definition) is 3. The summed E-state index contributed by atoms with van der Waals surface area (Å²) in [6, 6.07) is 3.04. The van der Waals surface area contributed by atoms with Crippen LogP contribution in [-0.2, 0) is 14.8 Å². The highest BCUT2D eigenvalue weighted by Crippen LogP contribution is 2.38. The summed E-state index contributed by atoms with van der Waals surface area (Å²) in [5, 5.41) is 9.10. The molecule has 1 heterocycles. The molecule has 0 saturated carbocycles. The van der Waals surface area contributed by atoms with E-state index in [2.05, 4.69) is 0 Å². The first-order chi connectivity index (χ1) is 9.73. The highest BCUT2D eigenvalue weighted by atomic mass is 35.5. The molecule has 1 atom stereocenters. The van der Waals surface area contributed by atoms with E-state index in [-0.39, 0.29) is 29.4 Å². The van der Waals surface area contributed by atoms with Crippen LogP contribution in [0, 0.1) is 11.2 Å². The van der Waals surface area contributed by atoms with Crippen LogP contribution in [0.25, 0.3) is 0 Å². The van der Waals surface area contributed by atoms with Gasteiger partial charge >= 0.3 is 5.97 Å². The lowest BCUT2D eigenvalue weighted by atomic mass is 9.85. The molecular formula is C13H15ClFNO4S. The molecule has 1 aliphatic rings. The topological polar surface area (TPSA) is 74.7 Å². The Bertz CT molecular complexity index is 679. The van der Waals surface area contributed by atoms with Gasteiger partial charge in [0, 0.05) is 13.1 Å². The Balaban J connectivity index is 2.36. The zero-order chi connectivity index (χ0) is 15.8. The number of nitrogens with zero attached hydrogens (tertiary/aromatic N) is 1. The third-order valence-corrected chi connectivity index (χ3v) is 6.29. The summed E-state index contributed by atoms with van der Waals surface area (Å²) in [6.07, 6.45) is 0.586. The fourth-order valence-electron chi connectivity index (χ4n) is 2.48.